The average molecular weight is 416 g/mol. The molecule has 0 atom stereocenters. The van der Waals surface area contributed by atoms with Gasteiger partial charge in [0.25, 0.3) is 0 Å². The van der Waals surface area contributed by atoms with Crippen LogP contribution in [0, 0.1) is 0 Å². The maximum Gasteiger partial charge on any atom is 0.387 e. The summed E-state index contributed by atoms with van der Waals surface area (Å²) in [5, 5.41) is 4.66. The van der Waals surface area contributed by atoms with Crippen molar-refractivity contribution in [3.8, 4) is 5.75 Å². The number of anilines is 1. The first-order valence-corrected chi connectivity index (χ1v) is 9.14. The Bertz CT molecular complexity index is 1100. The lowest BCUT2D eigenvalue weighted by Crippen LogP contribution is -2.05. The molecule has 6 nitrogen and oxygen atoms in total. The van der Waals surface area contributed by atoms with Gasteiger partial charge < -0.3 is 15.0 Å². The highest BCUT2D eigenvalue weighted by Gasteiger charge is 2.08. The van der Waals surface area contributed by atoms with Crippen molar-refractivity contribution in [2.24, 2.45) is 0 Å². The molecule has 9 heteroatoms. The minimum absolute atomic E-state index is 0.123. The molecule has 0 unspecified atom stereocenters. The van der Waals surface area contributed by atoms with Crippen LogP contribution >= 0.6 is 11.6 Å². The summed E-state index contributed by atoms with van der Waals surface area (Å²) in [6, 6.07) is 8.28. The molecule has 3 aromatic heterocycles. The number of ether oxygens (including phenoxy) is 1. The third-order valence-electron chi connectivity index (χ3n) is 4.28. The molecule has 4 rings (SSSR count). The molecule has 2 N–H and O–H groups in total. The van der Waals surface area contributed by atoms with Gasteiger partial charge in [0.2, 0.25) is 5.95 Å². The van der Waals surface area contributed by atoms with E-state index < -0.39 is 6.61 Å². The van der Waals surface area contributed by atoms with Gasteiger partial charge in [-0.2, -0.15) is 8.78 Å². The maximum absolute atomic E-state index is 12.2. The summed E-state index contributed by atoms with van der Waals surface area (Å²) in [6.45, 7) is -2.37. The number of halogens is 3. The minimum Gasteiger partial charge on any atom is -0.435 e. The van der Waals surface area contributed by atoms with Gasteiger partial charge in [-0.1, -0.05) is 23.7 Å². The molecule has 0 radical (unpaired) electrons. The molecular formula is C20H16ClF2N5O. The molecule has 0 saturated carbocycles. The third-order valence-corrected chi connectivity index (χ3v) is 4.49. The fraction of sp³-hybridized carbons (Fsp3) is 0.150. The number of aromatic nitrogens is 4. The number of hydrogen-bond donors (Lipinski definition) is 2. The van der Waals surface area contributed by atoms with E-state index in [4.69, 9.17) is 11.6 Å². The predicted octanol–water partition coefficient (Wildman–Crippen LogP) is 4.81. The van der Waals surface area contributed by atoms with Gasteiger partial charge in [-0.05, 0) is 34.9 Å². The number of fused-ring (bicyclic) bond motifs is 1. The van der Waals surface area contributed by atoms with Gasteiger partial charge in [-0.3, -0.25) is 0 Å². The highest BCUT2D eigenvalue weighted by atomic mass is 35.5. The molecule has 4 aromatic rings. The Hall–Kier alpha value is -3.26. The Kier molecular flexibility index (Phi) is 5.53. The van der Waals surface area contributed by atoms with Crippen molar-refractivity contribution >= 4 is 28.6 Å². The second kappa shape index (κ2) is 8.40. The highest BCUT2D eigenvalue weighted by molar-refractivity contribution is 6.31. The van der Waals surface area contributed by atoms with E-state index in [0.29, 0.717) is 23.9 Å². The number of nitrogens with zero attached hydrogens (tertiary/aromatic N) is 3. The van der Waals surface area contributed by atoms with Crippen LogP contribution in [0.25, 0.3) is 11.0 Å². The van der Waals surface area contributed by atoms with E-state index in [9.17, 15) is 8.78 Å². The molecule has 29 heavy (non-hydrogen) atoms. The van der Waals surface area contributed by atoms with Gasteiger partial charge in [0.15, 0.2) is 0 Å². The van der Waals surface area contributed by atoms with E-state index >= 15 is 0 Å². The van der Waals surface area contributed by atoms with Crippen molar-refractivity contribution < 1.29 is 13.5 Å². The van der Waals surface area contributed by atoms with Crippen LogP contribution < -0.4 is 10.1 Å². The van der Waals surface area contributed by atoms with Crippen molar-refractivity contribution in [2.75, 3.05) is 5.32 Å². The monoisotopic (exact) mass is 415 g/mol. The molecule has 0 saturated heterocycles. The number of rotatable bonds is 7. The molecule has 0 spiro atoms. The molecule has 3 heterocycles. The van der Waals surface area contributed by atoms with Crippen LogP contribution in [0.2, 0.25) is 5.02 Å². The molecule has 0 aliphatic carbocycles. The topological polar surface area (TPSA) is 75.7 Å². The van der Waals surface area contributed by atoms with Gasteiger partial charge in [0.1, 0.15) is 11.4 Å². The second-order valence-corrected chi connectivity index (χ2v) is 6.77. The van der Waals surface area contributed by atoms with E-state index in [1.54, 1.807) is 30.7 Å². The Morgan fingerprint density at radius 1 is 1.03 bits per heavy atom. The van der Waals surface area contributed by atoms with Crippen molar-refractivity contribution in [3.63, 3.8) is 0 Å². The zero-order valence-corrected chi connectivity index (χ0v) is 15.8. The van der Waals surface area contributed by atoms with E-state index in [2.05, 4.69) is 30.0 Å². The summed E-state index contributed by atoms with van der Waals surface area (Å²) in [6.07, 6.45) is 7.67. The zero-order chi connectivity index (χ0) is 20.2. The van der Waals surface area contributed by atoms with Gasteiger partial charge in [0.05, 0.1) is 5.02 Å². The van der Waals surface area contributed by atoms with Crippen LogP contribution in [-0.4, -0.2) is 26.5 Å². The molecule has 0 aliphatic rings. The van der Waals surface area contributed by atoms with Crippen molar-refractivity contribution in [1.82, 2.24) is 19.9 Å². The maximum atomic E-state index is 12.2. The first kappa shape index (κ1) is 19.1. The Labute approximate surface area is 169 Å². The number of nitrogens with one attached hydrogen (secondary N) is 2. The summed E-state index contributed by atoms with van der Waals surface area (Å²) in [5.74, 6) is 0.600. The third kappa shape index (κ3) is 4.78. The molecule has 148 valence electrons. The fourth-order valence-electron chi connectivity index (χ4n) is 2.91. The number of hydrogen-bond acceptors (Lipinski definition) is 5. The number of alkyl halides is 2. The molecule has 0 amide bonds. The van der Waals surface area contributed by atoms with Gasteiger partial charge in [0, 0.05) is 43.1 Å². The van der Waals surface area contributed by atoms with Crippen LogP contribution in [0.4, 0.5) is 14.7 Å². The summed E-state index contributed by atoms with van der Waals surface area (Å²) in [5.41, 5.74) is 3.69. The first-order chi connectivity index (χ1) is 14.1. The number of aromatic amines is 1. The van der Waals surface area contributed by atoms with Gasteiger partial charge in [-0.15, -0.1) is 0 Å². The number of pyridine rings is 1. The quantitative estimate of drug-likeness (QED) is 0.453. The molecule has 0 aliphatic heterocycles. The van der Waals surface area contributed by atoms with Crippen molar-refractivity contribution in [1.29, 1.82) is 0 Å². The van der Waals surface area contributed by atoms with E-state index in [1.807, 2.05) is 12.3 Å². The summed E-state index contributed by atoms with van der Waals surface area (Å²) in [7, 11) is 0. The Balaban J connectivity index is 1.37. The van der Waals surface area contributed by atoms with E-state index in [1.165, 1.54) is 12.1 Å². The highest BCUT2D eigenvalue weighted by Crippen LogP contribution is 2.22. The summed E-state index contributed by atoms with van der Waals surface area (Å²) in [4.78, 5) is 16.0. The normalized spacial score (nSPS) is 11.2. The van der Waals surface area contributed by atoms with Crippen LogP contribution in [0.1, 0.15) is 16.7 Å². The predicted molar refractivity (Wildman–Crippen MR) is 106 cm³/mol. The van der Waals surface area contributed by atoms with Crippen LogP contribution in [0.3, 0.4) is 0 Å². The second-order valence-electron chi connectivity index (χ2n) is 6.33. The summed E-state index contributed by atoms with van der Waals surface area (Å²) >= 11 is 6.04. The summed E-state index contributed by atoms with van der Waals surface area (Å²) < 4.78 is 28.7. The average Bonchev–Trinajstić information content (AvgIpc) is 3.10. The lowest BCUT2D eigenvalue weighted by molar-refractivity contribution is -0.0498. The molecule has 1 aromatic carbocycles. The number of H-pyrrole nitrogens is 1. The lowest BCUT2D eigenvalue weighted by Gasteiger charge is -2.07. The van der Waals surface area contributed by atoms with Crippen molar-refractivity contribution in [2.45, 2.75) is 19.6 Å². The van der Waals surface area contributed by atoms with Gasteiger partial charge in [-0.25, -0.2) is 15.0 Å². The minimum atomic E-state index is -2.83. The Morgan fingerprint density at radius 3 is 2.52 bits per heavy atom. The van der Waals surface area contributed by atoms with Crippen molar-refractivity contribution in [3.05, 3.63) is 76.8 Å². The smallest absolute Gasteiger partial charge is 0.387 e. The molecule has 0 bridgehead atoms. The van der Waals surface area contributed by atoms with Gasteiger partial charge >= 0.3 is 6.61 Å². The van der Waals surface area contributed by atoms with Crippen LogP contribution in [-0.2, 0) is 13.0 Å². The molecule has 0 fully saturated rings. The number of benzene rings is 1. The largest absolute Gasteiger partial charge is 0.435 e. The Morgan fingerprint density at radius 2 is 1.79 bits per heavy atom. The van der Waals surface area contributed by atoms with E-state index in [0.717, 1.165) is 27.7 Å². The SMILES string of the molecule is FC(F)Oc1ccc(CNc2ncc(Cc3c[nH]c4ncc(Cl)cc34)cn2)cc1. The fourth-order valence-corrected chi connectivity index (χ4v) is 3.06. The van der Waals surface area contributed by atoms with Crippen LogP contribution in [0.15, 0.2) is 55.1 Å². The van der Waals surface area contributed by atoms with Crippen LogP contribution in [0.5, 0.6) is 5.75 Å². The lowest BCUT2D eigenvalue weighted by atomic mass is 10.1. The van der Waals surface area contributed by atoms with E-state index in [-0.39, 0.29) is 5.75 Å². The molecular weight excluding hydrogens is 400 g/mol. The zero-order valence-electron chi connectivity index (χ0n) is 15.1. The first-order valence-electron chi connectivity index (χ1n) is 8.77. The standard InChI is InChI=1S/C20H16ClF2N5O/c21-15-6-17-14(10-24-18(17)25-11-15)5-13-8-27-20(28-9-13)26-7-12-1-3-16(4-2-12)29-19(22)23/h1-4,6,8-11,19H,5,7H2,(H,24,25)(H,26,27,28).